The minimum absolute atomic E-state index is 0.276. The molecule has 0 spiro atoms. The van der Waals surface area contributed by atoms with Crippen molar-refractivity contribution in [1.82, 2.24) is 14.7 Å². The number of piperidine rings is 3. The Morgan fingerprint density at radius 2 is 1.69 bits per heavy atom. The highest BCUT2D eigenvalue weighted by Crippen LogP contribution is 2.27. The van der Waals surface area contributed by atoms with Gasteiger partial charge in [0.25, 0.3) is 0 Å². The van der Waals surface area contributed by atoms with E-state index in [2.05, 4.69) is 52.8 Å². The molecule has 0 unspecified atom stereocenters. The maximum absolute atomic E-state index is 12.9. The van der Waals surface area contributed by atoms with Crippen molar-refractivity contribution >= 4 is 5.91 Å². The molecule has 0 aliphatic carbocycles. The summed E-state index contributed by atoms with van der Waals surface area (Å²) in [6, 6.07) is 9.50. The van der Waals surface area contributed by atoms with Gasteiger partial charge in [0.1, 0.15) is 0 Å². The Labute approximate surface area is 177 Å². The summed E-state index contributed by atoms with van der Waals surface area (Å²) in [5, 5.41) is 0. The molecule has 0 aromatic heterocycles. The van der Waals surface area contributed by atoms with Crippen LogP contribution >= 0.6 is 0 Å². The minimum atomic E-state index is 0.276. The second kappa shape index (κ2) is 9.61. The fraction of sp³-hybridized carbons (Fsp3) is 0.720. The molecule has 29 heavy (non-hydrogen) atoms. The van der Waals surface area contributed by atoms with E-state index in [1.807, 2.05) is 0 Å². The number of nitrogens with zero attached hydrogens (tertiary/aromatic N) is 3. The standard InChI is InChI=1S/C25H39N3O/c1-20-6-5-13-28(18-20)25(29)22-9-16-27(17-10-22)24-11-14-26(15-12-24)19-23-8-4-3-7-21(23)2/h3-4,7-8,20,22,24H,5-6,9-19H2,1-2H3/t20-/m1/s1. The number of likely N-dealkylation sites (tertiary alicyclic amines) is 3. The molecule has 4 nitrogen and oxygen atoms in total. The van der Waals surface area contributed by atoms with Crippen LogP contribution in [0.25, 0.3) is 0 Å². The van der Waals surface area contributed by atoms with Crippen molar-refractivity contribution in [2.45, 2.75) is 65.0 Å². The zero-order valence-electron chi connectivity index (χ0n) is 18.5. The molecule has 0 radical (unpaired) electrons. The van der Waals surface area contributed by atoms with Crippen molar-refractivity contribution in [2.75, 3.05) is 39.3 Å². The number of amides is 1. The Kier molecular flexibility index (Phi) is 6.92. The van der Waals surface area contributed by atoms with Crippen molar-refractivity contribution in [2.24, 2.45) is 11.8 Å². The third kappa shape index (κ3) is 5.21. The molecule has 4 heteroatoms. The topological polar surface area (TPSA) is 26.8 Å². The summed E-state index contributed by atoms with van der Waals surface area (Å²) in [6.07, 6.45) is 7.14. The van der Waals surface area contributed by atoms with E-state index in [1.54, 1.807) is 0 Å². The summed E-state index contributed by atoms with van der Waals surface area (Å²) in [5.41, 5.74) is 2.88. The summed E-state index contributed by atoms with van der Waals surface area (Å²) in [6.45, 7) is 12.2. The second-order valence-corrected chi connectivity index (χ2v) is 9.78. The lowest BCUT2D eigenvalue weighted by Gasteiger charge is -2.42. The van der Waals surface area contributed by atoms with Gasteiger partial charge in [-0.3, -0.25) is 9.69 Å². The molecule has 0 bridgehead atoms. The van der Waals surface area contributed by atoms with Gasteiger partial charge in [0.05, 0.1) is 0 Å². The van der Waals surface area contributed by atoms with Crippen molar-refractivity contribution in [3.8, 4) is 0 Å². The Balaban J connectivity index is 1.21. The van der Waals surface area contributed by atoms with Crippen molar-refractivity contribution in [1.29, 1.82) is 0 Å². The van der Waals surface area contributed by atoms with E-state index >= 15 is 0 Å². The predicted molar refractivity (Wildman–Crippen MR) is 119 cm³/mol. The van der Waals surface area contributed by atoms with Crippen molar-refractivity contribution in [3.05, 3.63) is 35.4 Å². The molecular formula is C25H39N3O. The summed E-state index contributed by atoms with van der Waals surface area (Å²) in [7, 11) is 0. The molecule has 3 fully saturated rings. The molecule has 3 aliphatic heterocycles. The van der Waals surface area contributed by atoms with Gasteiger partial charge in [-0.05, 0) is 88.7 Å². The number of hydrogen-bond donors (Lipinski definition) is 0. The first kappa shape index (κ1) is 20.9. The Bertz CT molecular complexity index is 674. The maximum Gasteiger partial charge on any atom is 0.225 e. The van der Waals surface area contributed by atoms with Gasteiger partial charge in [-0.1, -0.05) is 31.2 Å². The first-order valence-electron chi connectivity index (χ1n) is 11.9. The predicted octanol–water partition coefficient (Wildman–Crippen LogP) is 3.93. The lowest BCUT2D eigenvalue weighted by molar-refractivity contribution is -0.139. The van der Waals surface area contributed by atoms with Crippen LogP contribution in [0.2, 0.25) is 0 Å². The lowest BCUT2D eigenvalue weighted by Crippen LogP contribution is -2.50. The molecule has 0 N–H and O–H groups in total. The van der Waals surface area contributed by atoms with Crippen LogP contribution in [0.3, 0.4) is 0 Å². The quantitative estimate of drug-likeness (QED) is 0.770. The molecule has 1 aromatic rings. The highest BCUT2D eigenvalue weighted by molar-refractivity contribution is 5.79. The molecule has 3 saturated heterocycles. The van der Waals surface area contributed by atoms with E-state index in [0.717, 1.165) is 45.6 Å². The fourth-order valence-corrected chi connectivity index (χ4v) is 5.63. The Morgan fingerprint density at radius 3 is 2.38 bits per heavy atom. The smallest absolute Gasteiger partial charge is 0.225 e. The van der Waals surface area contributed by atoms with Gasteiger partial charge in [0, 0.05) is 31.6 Å². The lowest BCUT2D eigenvalue weighted by atomic mass is 9.91. The Morgan fingerprint density at radius 1 is 0.966 bits per heavy atom. The number of benzene rings is 1. The largest absolute Gasteiger partial charge is 0.342 e. The van der Waals surface area contributed by atoms with Crippen LogP contribution in [-0.2, 0) is 11.3 Å². The van der Waals surface area contributed by atoms with Crippen LogP contribution < -0.4 is 0 Å². The molecular weight excluding hydrogens is 358 g/mol. The minimum Gasteiger partial charge on any atom is -0.342 e. The first-order valence-corrected chi connectivity index (χ1v) is 11.9. The van der Waals surface area contributed by atoms with Gasteiger partial charge >= 0.3 is 0 Å². The molecule has 3 heterocycles. The van der Waals surface area contributed by atoms with Crippen molar-refractivity contribution < 1.29 is 4.79 Å². The fourth-order valence-electron chi connectivity index (χ4n) is 5.63. The number of hydrogen-bond acceptors (Lipinski definition) is 3. The summed E-state index contributed by atoms with van der Waals surface area (Å²) in [5.74, 6) is 1.40. The van der Waals surface area contributed by atoms with Gasteiger partial charge in [-0.2, -0.15) is 0 Å². The normalized spacial score (nSPS) is 26.0. The maximum atomic E-state index is 12.9. The molecule has 3 aliphatic rings. The second-order valence-electron chi connectivity index (χ2n) is 9.78. The molecule has 1 amide bonds. The van der Waals surface area contributed by atoms with E-state index in [9.17, 15) is 4.79 Å². The first-order chi connectivity index (χ1) is 14.1. The molecule has 1 aromatic carbocycles. The third-order valence-electron chi connectivity index (χ3n) is 7.58. The van der Waals surface area contributed by atoms with Gasteiger partial charge in [-0.25, -0.2) is 0 Å². The van der Waals surface area contributed by atoms with Gasteiger partial charge in [-0.15, -0.1) is 0 Å². The number of carbonyl (C=O) groups is 1. The molecule has 1 atom stereocenters. The molecule has 160 valence electrons. The van der Waals surface area contributed by atoms with E-state index in [-0.39, 0.29) is 5.92 Å². The summed E-state index contributed by atoms with van der Waals surface area (Å²) >= 11 is 0. The third-order valence-corrected chi connectivity index (χ3v) is 7.58. The van der Waals surface area contributed by atoms with Gasteiger partial charge < -0.3 is 9.80 Å². The zero-order valence-corrected chi connectivity index (χ0v) is 18.5. The SMILES string of the molecule is Cc1ccccc1CN1CCC(N2CCC(C(=O)N3CCC[C@@H](C)C3)CC2)CC1. The molecule has 4 rings (SSSR count). The Hall–Kier alpha value is -1.39. The zero-order chi connectivity index (χ0) is 20.2. The molecule has 0 saturated carbocycles. The van der Waals surface area contributed by atoms with E-state index in [0.29, 0.717) is 17.9 Å². The van der Waals surface area contributed by atoms with Crippen LogP contribution in [0.4, 0.5) is 0 Å². The number of aryl methyl sites for hydroxylation is 1. The summed E-state index contributed by atoms with van der Waals surface area (Å²) < 4.78 is 0. The summed E-state index contributed by atoms with van der Waals surface area (Å²) in [4.78, 5) is 20.4. The van der Waals surface area contributed by atoms with Crippen LogP contribution in [0.5, 0.6) is 0 Å². The average molecular weight is 398 g/mol. The van der Waals surface area contributed by atoms with E-state index in [1.165, 1.54) is 49.9 Å². The number of rotatable bonds is 4. The van der Waals surface area contributed by atoms with Gasteiger partial charge in [0.2, 0.25) is 5.91 Å². The van der Waals surface area contributed by atoms with Crippen LogP contribution in [0, 0.1) is 18.8 Å². The van der Waals surface area contributed by atoms with Crippen LogP contribution in [-0.4, -0.2) is 65.9 Å². The highest BCUT2D eigenvalue weighted by atomic mass is 16.2. The van der Waals surface area contributed by atoms with E-state index < -0.39 is 0 Å². The van der Waals surface area contributed by atoms with Crippen molar-refractivity contribution in [3.63, 3.8) is 0 Å². The number of carbonyl (C=O) groups excluding carboxylic acids is 1. The van der Waals surface area contributed by atoms with E-state index in [4.69, 9.17) is 0 Å². The van der Waals surface area contributed by atoms with Crippen LogP contribution in [0.15, 0.2) is 24.3 Å². The van der Waals surface area contributed by atoms with Gasteiger partial charge in [0.15, 0.2) is 0 Å². The average Bonchev–Trinajstić information content (AvgIpc) is 2.75. The highest BCUT2D eigenvalue weighted by Gasteiger charge is 2.33. The monoisotopic (exact) mass is 397 g/mol. The van der Waals surface area contributed by atoms with Crippen LogP contribution in [0.1, 0.15) is 56.6 Å².